The molecule has 9 nitrogen and oxygen atoms in total. The Balaban J connectivity index is 1.41. The summed E-state index contributed by atoms with van der Waals surface area (Å²) < 4.78 is 33.6. The molecule has 40 heavy (non-hydrogen) atoms. The van der Waals surface area contributed by atoms with Crippen LogP contribution in [0.3, 0.4) is 0 Å². The zero-order chi connectivity index (χ0) is 28.4. The number of aromatic hydroxyl groups is 1. The predicted molar refractivity (Wildman–Crippen MR) is 146 cm³/mol. The fourth-order valence-corrected chi connectivity index (χ4v) is 5.71. The van der Waals surface area contributed by atoms with E-state index >= 15 is 0 Å². The number of hydrogen-bond acceptors (Lipinski definition) is 9. The minimum atomic E-state index is -0.507. The number of phenolic OH excluding ortho intramolecular Hbond substituents is 1. The van der Waals surface area contributed by atoms with Crippen LogP contribution >= 0.6 is 0 Å². The molecule has 4 atom stereocenters. The van der Waals surface area contributed by atoms with Crippen LogP contribution in [0.2, 0.25) is 0 Å². The molecule has 0 aliphatic carbocycles. The largest absolute Gasteiger partial charge is 0.504 e. The Morgan fingerprint density at radius 1 is 0.800 bits per heavy atom. The molecular formula is C31H34O9. The molecule has 3 aromatic carbocycles. The minimum Gasteiger partial charge on any atom is -0.504 e. The van der Waals surface area contributed by atoms with Gasteiger partial charge < -0.3 is 38.6 Å². The van der Waals surface area contributed by atoms with Crippen molar-refractivity contribution in [2.45, 2.75) is 24.9 Å². The van der Waals surface area contributed by atoms with Crippen molar-refractivity contribution in [2.75, 3.05) is 41.7 Å². The zero-order valence-electron chi connectivity index (χ0n) is 23.0. The topological polar surface area (TPSA) is 113 Å². The molecule has 2 aliphatic heterocycles. The van der Waals surface area contributed by atoms with Gasteiger partial charge in [-0.15, -0.1) is 0 Å². The first kappa shape index (κ1) is 27.5. The Morgan fingerprint density at radius 3 is 2.23 bits per heavy atom. The molecule has 2 aliphatic rings. The number of fused-ring (bicyclic) bond motifs is 1. The highest BCUT2D eigenvalue weighted by Crippen LogP contribution is 2.51. The van der Waals surface area contributed by atoms with Crippen LogP contribution in [-0.4, -0.2) is 57.8 Å². The number of carbonyl (C=O) groups is 1. The van der Waals surface area contributed by atoms with Crippen LogP contribution in [-0.2, 0) is 22.4 Å². The maximum Gasteiger partial charge on any atom is 0.309 e. The summed E-state index contributed by atoms with van der Waals surface area (Å²) >= 11 is 0. The number of carbonyl (C=O) groups excluding carboxylic acids is 1. The van der Waals surface area contributed by atoms with Gasteiger partial charge in [0.2, 0.25) is 0 Å². The van der Waals surface area contributed by atoms with E-state index in [4.69, 9.17) is 28.4 Å². The molecule has 2 heterocycles. The molecule has 0 amide bonds. The third-order valence-corrected chi connectivity index (χ3v) is 7.81. The van der Waals surface area contributed by atoms with E-state index in [1.807, 2.05) is 30.3 Å². The van der Waals surface area contributed by atoms with E-state index in [-0.39, 0.29) is 36.1 Å². The second kappa shape index (κ2) is 11.6. The summed E-state index contributed by atoms with van der Waals surface area (Å²) in [7, 11) is 6.24. The first-order chi connectivity index (χ1) is 19.4. The molecule has 9 heteroatoms. The first-order valence-corrected chi connectivity index (χ1v) is 13.1. The van der Waals surface area contributed by atoms with Gasteiger partial charge in [0, 0.05) is 11.5 Å². The minimum absolute atomic E-state index is 0.0213. The Hall–Kier alpha value is -4.11. The highest BCUT2D eigenvalue weighted by atomic mass is 16.5. The van der Waals surface area contributed by atoms with Crippen LogP contribution < -0.4 is 23.7 Å². The summed E-state index contributed by atoms with van der Waals surface area (Å²) in [5, 5.41) is 20.4. The number of ether oxygens (including phenoxy) is 6. The summed E-state index contributed by atoms with van der Waals surface area (Å²) in [4.78, 5) is 12.8. The Kier molecular flexibility index (Phi) is 7.93. The van der Waals surface area contributed by atoms with E-state index < -0.39 is 6.10 Å². The van der Waals surface area contributed by atoms with Crippen molar-refractivity contribution >= 4 is 5.97 Å². The van der Waals surface area contributed by atoms with Gasteiger partial charge in [-0.25, -0.2) is 0 Å². The number of aliphatic hydroxyl groups excluding tert-OH is 1. The summed E-state index contributed by atoms with van der Waals surface area (Å²) in [5.41, 5.74) is 3.47. The van der Waals surface area contributed by atoms with E-state index in [0.29, 0.717) is 48.2 Å². The number of methoxy groups -OCH3 is 4. The third-order valence-electron chi connectivity index (χ3n) is 7.81. The fourth-order valence-electron chi connectivity index (χ4n) is 5.71. The van der Waals surface area contributed by atoms with Gasteiger partial charge in [0.25, 0.3) is 0 Å². The average Bonchev–Trinajstić information content (AvgIpc) is 3.52. The summed E-state index contributed by atoms with van der Waals surface area (Å²) in [6, 6.07) is 14.6. The zero-order valence-corrected chi connectivity index (χ0v) is 23.0. The van der Waals surface area contributed by atoms with Crippen LogP contribution in [0.5, 0.6) is 34.5 Å². The molecule has 0 unspecified atom stereocenters. The fraction of sp³-hybridized carbons (Fsp3) is 0.387. The molecule has 0 bridgehead atoms. The van der Waals surface area contributed by atoms with Crippen molar-refractivity contribution in [3.8, 4) is 34.5 Å². The normalized spacial score (nSPS) is 21.4. The molecule has 212 valence electrons. The molecular weight excluding hydrogens is 516 g/mol. The number of esters is 1. The Bertz CT molecular complexity index is 1390. The molecule has 0 radical (unpaired) electrons. The molecule has 2 N–H and O–H groups in total. The van der Waals surface area contributed by atoms with Crippen molar-refractivity contribution in [3.05, 3.63) is 70.8 Å². The van der Waals surface area contributed by atoms with Crippen molar-refractivity contribution in [2.24, 2.45) is 11.8 Å². The molecule has 5 rings (SSSR count). The van der Waals surface area contributed by atoms with Gasteiger partial charge in [0.05, 0.1) is 53.5 Å². The number of benzene rings is 3. The van der Waals surface area contributed by atoms with Crippen molar-refractivity contribution in [1.82, 2.24) is 0 Å². The van der Waals surface area contributed by atoms with Gasteiger partial charge in [-0.3, -0.25) is 4.79 Å². The Labute approximate surface area is 233 Å². The molecule has 1 fully saturated rings. The van der Waals surface area contributed by atoms with Gasteiger partial charge in [0.15, 0.2) is 34.5 Å². The third kappa shape index (κ3) is 5.09. The average molecular weight is 551 g/mol. The van der Waals surface area contributed by atoms with Crippen LogP contribution in [0.25, 0.3) is 0 Å². The van der Waals surface area contributed by atoms with Gasteiger partial charge in [-0.05, 0) is 59.9 Å². The van der Waals surface area contributed by atoms with E-state index in [1.165, 1.54) is 7.11 Å². The molecule has 3 aromatic rings. The van der Waals surface area contributed by atoms with Crippen molar-refractivity contribution in [3.63, 3.8) is 0 Å². The van der Waals surface area contributed by atoms with E-state index in [1.54, 1.807) is 39.5 Å². The standard InChI is InChI=1S/C31H34O9/c1-35-25-8-5-17(12-27(25)37-3)9-20-16-39-31(34)21(20)10-18-11-22-23(15-32)29(40-30(22)28(13-18)38-4)19-6-7-24(33)26(14-19)36-2/h5-8,11-14,20-21,23,29,32-33H,9-10,15-16H2,1-4H3/t20-,21+,23-,29+/m0/s1. The number of hydrogen-bond donors (Lipinski definition) is 2. The van der Waals surface area contributed by atoms with E-state index in [9.17, 15) is 15.0 Å². The van der Waals surface area contributed by atoms with Crippen LogP contribution in [0, 0.1) is 11.8 Å². The maximum absolute atomic E-state index is 12.8. The van der Waals surface area contributed by atoms with Crippen LogP contribution in [0.4, 0.5) is 0 Å². The smallest absolute Gasteiger partial charge is 0.309 e. The lowest BCUT2D eigenvalue weighted by Gasteiger charge is -2.19. The summed E-state index contributed by atoms with van der Waals surface area (Å²) in [6.45, 7) is 0.175. The highest BCUT2D eigenvalue weighted by Gasteiger charge is 2.40. The van der Waals surface area contributed by atoms with Gasteiger partial charge in [0.1, 0.15) is 6.10 Å². The van der Waals surface area contributed by atoms with Gasteiger partial charge in [-0.2, -0.15) is 0 Å². The highest BCUT2D eigenvalue weighted by molar-refractivity contribution is 5.75. The summed E-state index contributed by atoms with van der Waals surface area (Å²) in [6.07, 6.45) is 0.593. The number of rotatable bonds is 10. The van der Waals surface area contributed by atoms with E-state index in [0.717, 1.165) is 22.3 Å². The van der Waals surface area contributed by atoms with Crippen LogP contribution in [0.1, 0.15) is 34.3 Å². The Morgan fingerprint density at radius 2 is 1.52 bits per heavy atom. The van der Waals surface area contributed by atoms with Gasteiger partial charge in [-0.1, -0.05) is 18.2 Å². The van der Waals surface area contributed by atoms with Crippen LogP contribution in [0.15, 0.2) is 48.5 Å². The molecule has 0 saturated carbocycles. The summed E-state index contributed by atoms with van der Waals surface area (Å²) in [5.74, 6) is 1.74. The van der Waals surface area contributed by atoms with Crippen molar-refractivity contribution < 1.29 is 43.4 Å². The van der Waals surface area contributed by atoms with Crippen molar-refractivity contribution in [1.29, 1.82) is 0 Å². The van der Waals surface area contributed by atoms with E-state index in [2.05, 4.69) is 0 Å². The second-order valence-corrected chi connectivity index (χ2v) is 10.1. The predicted octanol–water partition coefficient (Wildman–Crippen LogP) is 4.21. The lowest BCUT2D eigenvalue weighted by molar-refractivity contribution is -0.141. The number of cyclic esters (lactones) is 1. The quantitative estimate of drug-likeness (QED) is 0.359. The molecule has 0 spiro atoms. The molecule has 1 saturated heterocycles. The second-order valence-electron chi connectivity index (χ2n) is 10.1. The number of aliphatic hydroxyl groups is 1. The maximum atomic E-state index is 12.8. The SMILES string of the molecule is COc1cc([C@H]2Oc3c(OC)cc(C[C@H]4C(=O)OC[C@@H]4Cc4ccc(OC)c(OC)c4)cc3[C@@H]2CO)ccc1O. The number of phenols is 1. The molecule has 0 aromatic heterocycles. The van der Waals surface area contributed by atoms with Gasteiger partial charge >= 0.3 is 5.97 Å². The lowest BCUT2D eigenvalue weighted by Crippen LogP contribution is -2.21. The first-order valence-electron chi connectivity index (χ1n) is 13.1. The monoisotopic (exact) mass is 550 g/mol. The lowest BCUT2D eigenvalue weighted by atomic mass is 9.83.